The van der Waals surface area contributed by atoms with Gasteiger partial charge >= 0.3 is 0 Å². The first-order valence-electron chi connectivity index (χ1n) is 8.24. The maximum Gasteiger partial charge on any atom is 0.253 e. The molecule has 6 nitrogen and oxygen atoms in total. The van der Waals surface area contributed by atoms with E-state index in [1.807, 2.05) is 30.1 Å². The van der Waals surface area contributed by atoms with Crippen LogP contribution in [0.25, 0.3) is 0 Å². The quantitative estimate of drug-likeness (QED) is 0.913. The Morgan fingerprint density at radius 2 is 2.33 bits per heavy atom. The van der Waals surface area contributed by atoms with Crippen molar-refractivity contribution in [2.24, 2.45) is 5.92 Å². The highest BCUT2D eigenvalue weighted by Crippen LogP contribution is 2.22. The molecule has 1 aromatic carbocycles. The van der Waals surface area contributed by atoms with Crippen LogP contribution < -0.4 is 10.1 Å². The number of rotatable bonds is 5. The Morgan fingerprint density at radius 1 is 1.42 bits per heavy atom. The minimum absolute atomic E-state index is 0.0559. The lowest BCUT2D eigenvalue weighted by Crippen LogP contribution is -2.42. The summed E-state index contributed by atoms with van der Waals surface area (Å²) in [5, 5.41) is 3.20. The number of benzene rings is 1. The van der Waals surface area contributed by atoms with E-state index in [2.05, 4.69) is 15.3 Å². The van der Waals surface area contributed by atoms with Gasteiger partial charge in [-0.3, -0.25) is 9.78 Å². The van der Waals surface area contributed by atoms with Crippen LogP contribution in [0.3, 0.4) is 0 Å². The second-order valence-corrected chi connectivity index (χ2v) is 5.99. The Balaban J connectivity index is 1.70. The molecule has 126 valence electrons. The van der Waals surface area contributed by atoms with E-state index < -0.39 is 0 Å². The molecule has 1 amide bonds. The minimum Gasteiger partial charge on any atom is -0.437 e. The van der Waals surface area contributed by atoms with E-state index in [9.17, 15) is 4.79 Å². The van der Waals surface area contributed by atoms with Crippen LogP contribution in [-0.4, -0.2) is 47.5 Å². The topological polar surface area (TPSA) is 67.4 Å². The van der Waals surface area contributed by atoms with E-state index >= 15 is 0 Å². The number of nitrogens with one attached hydrogen (secondary N) is 1. The van der Waals surface area contributed by atoms with Crippen molar-refractivity contribution < 1.29 is 9.53 Å². The molecule has 6 heteroatoms. The molecule has 3 rings (SSSR count). The molecule has 1 aliphatic rings. The second-order valence-electron chi connectivity index (χ2n) is 5.99. The van der Waals surface area contributed by atoms with Gasteiger partial charge in [0.05, 0.1) is 6.20 Å². The first-order chi connectivity index (χ1) is 11.8. The average Bonchev–Trinajstić information content (AvgIpc) is 2.63. The van der Waals surface area contributed by atoms with Gasteiger partial charge in [-0.25, -0.2) is 4.98 Å². The fraction of sp³-hybridized carbons (Fsp3) is 0.389. The predicted octanol–water partition coefficient (Wildman–Crippen LogP) is 2.34. The summed E-state index contributed by atoms with van der Waals surface area (Å²) in [6.07, 6.45) is 6.92. The molecule has 1 saturated heterocycles. The molecule has 0 saturated carbocycles. The smallest absolute Gasteiger partial charge is 0.253 e. The molecule has 24 heavy (non-hydrogen) atoms. The average molecular weight is 326 g/mol. The van der Waals surface area contributed by atoms with Crippen molar-refractivity contribution in [2.75, 3.05) is 26.7 Å². The summed E-state index contributed by atoms with van der Waals surface area (Å²) < 4.78 is 5.66. The Bertz CT molecular complexity index is 676. The fourth-order valence-corrected chi connectivity index (χ4v) is 3.04. The lowest BCUT2D eigenvalue weighted by molar-refractivity contribution is 0.0674. The zero-order chi connectivity index (χ0) is 16.8. The molecule has 2 aromatic rings. The van der Waals surface area contributed by atoms with Crippen molar-refractivity contribution in [3.63, 3.8) is 0 Å². The van der Waals surface area contributed by atoms with Gasteiger partial charge in [-0.1, -0.05) is 6.07 Å². The number of amides is 1. The molecule has 0 bridgehead atoms. The number of likely N-dealkylation sites (tertiary alicyclic amines) is 1. The number of ether oxygens (including phenoxy) is 1. The van der Waals surface area contributed by atoms with Crippen LogP contribution in [0, 0.1) is 5.92 Å². The van der Waals surface area contributed by atoms with Gasteiger partial charge in [-0.15, -0.1) is 0 Å². The zero-order valence-electron chi connectivity index (χ0n) is 13.8. The van der Waals surface area contributed by atoms with E-state index in [4.69, 9.17) is 4.74 Å². The van der Waals surface area contributed by atoms with Gasteiger partial charge in [-0.05, 0) is 50.6 Å². The van der Waals surface area contributed by atoms with Crippen LogP contribution in [0.2, 0.25) is 0 Å². The third-order valence-electron chi connectivity index (χ3n) is 4.14. The van der Waals surface area contributed by atoms with Crippen LogP contribution in [-0.2, 0) is 0 Å². The van der Waals surface area contributed by atoms with Crippen molar-refractivity contribution in [1.82, 2.24) is 20.2 Å². The lowest BCUT2D eigenvalue weighted by Gasteiger charge is -2.32. The van der Waals surface area contributed by atoms with Crippen LogP contribution in [0.1, 0.15) is 23.2 Å². The van der Waals surface area contributed by atoms with Gasteiger partial charge in [-0.2, -0.15) is 0 Å². The van der Waals surface area contributed by atoms with Gasteiger partial charge in [0, 0.05) is 31.0 Å². The lowest BCUT2D eigenvalue weighted by atomic mass is 9.97. The zero-order valence-corrected chi connectivity index (χ0v) is 13.8. The number of nitrogens with zero attached hydrogens (tertiary/aromatic N) is 3. The number of carbonyl (C=O) groups is 1. The van der Waals surface area contributed by atoms with Crippen molar-refractivity contribution >= 4 is 5.91 Å². The summed E-state index contributed by atoms with van der Waals surface area (Å²) in [6.45, 7) is 2.56. The maximum atomic E-state index is 12.8. The van der Waals surface area contributed by atoms with Crippen LogP contribution in [0.4, 0.5) is 0 Å². The Labute approximate surface area is 141 Å². The van der Waals surface area contributed by atoms with Crippen LogP contribution in [0.15, 0.2) is 42.9 Å². The second kappa shape index (κ2) is 7.88. The summed E-state index contributed by atoms with van der Waals surface area (Å²) in [7, 11) is 1.95. The number of hydrogen-bond acceptors (Lipinski definition) is 5. The normalized spacial score (nSPS) is 17.5. The summed E-state index contributed by atoms with van der Waals surface area (Å²) in [4.78, 5) is 22.8. The predicted molar refractivity (Wildman–Crippen MR) is 91.1 cm³/mol. The highest BCUT2D eigenvalue weighted by molar-refractivity contribution is 5.94. The molecule has 1 N–H and O–H groups in total. The van der Waals surface area contributed by atoms with Gasteiger partial charge in [0.2, 0.25) is 5.88 Å². The molecule has 0 spiro atoms. The Hall–Kier alpha value is -2.47. The minimum atomic E-state index is 0.0559. The van der Waals surface area contributed by atoms with E-state index in [1.165, 1.54) is 6.42 Å². The van der Waals surface area contributed by atoms with Crippen molar-refractivity contribution in [2.45, 2.75) is 12.8 Å². The molecular formula is C18H22N4O2. The third-order valence-corrected chi connectivity index (χ3v) is 4.14. The number of hydrogen-bond donors (Lipinski definition) is 1. The van der Waals surface area contributed by atoms with Gasteiger partial charge < -0.3 is 15.0 Å². The summed E-state index contributed by atoms with van der Waals surface area (Å²) in [5.74, 6) is 1.58. The van der Waals surface area contributed by atoms with Gasteiger partial charge in [0.15, 0.2) is 0 Å². The van der Waals surface area contributed by atoms with Crippen LogP contribution >= 0.6 is 0 Å². The first-order valence-corrected chi connectivity index (χ1v) is 8.24. The Morgan fingerprint density at radius 3 is 3.12 bits per heavy atom. The molecule has 0 radical (unpaired) electrons. The Kier molecular flexibility index (Phi) is 5.38. The maximum absolute atomic E-state index is 12.8. The molecule has 1 atom stereocenters. The molecule has 1 aromatic heterocycles. The molecular weight excluding hydrogens is 304 g/mol. The van der Waals surface area contributed by atoms with E-state index in [0.29, 0.717) is 23.1 Å². The molecule has 0 unspecified atom stereocenters. The summed E-state index contributed by atoms with van der Waals surface area (Å²) in [6, 6.07) is 7.23. The monoisotopic (exact) mass is 326 g/mol. The van der Waals surface area contributed by atoms with Gasteiger partial charge in [0.1, 0.15) is 5.75 Å². The van der Waals surface area contributed by atoms with E-state index in [-0.39, 0.29) is 5.91 Å². The van der Waals surface area contributed by atoms with E-state index in [1.54, 1.807) is 24.7 Å². The van der Waals surface area contributed by atoms with Crippen molar-refractivity contribution in [3.8, 4) is 11.6 Å². The summed E-state index contributed by atoms with van der Waals surface area (Å²) in [5.41, 5.74) is 0.640. The number of aromatic nitrogens is 2. The van der Waals surface area contributed by atoms with Crippen molar-refractivity contribution in [1.29, 1.82) is 0 Å². The largest absolute Gasteiger partial charge is 0.437 e. The summed E-state index contributed by atoms with van der Waals surface area (Å²) >= 11 is 0. The number of carbonyl (C=O) groups excluding carboxylic acids is 1. The van der Waals surface area contributed by atoms with Crippen LogP contribution in [0.5, 0.6) is 11.6 Å². The van der Waals surface area contributed by atoms with E-state index in [0.717, 1.165) is 26.1 Å². The first kappa shape index (κ1) is 16.4. The highest BCUT2D eigenvalue weighted by Gasteiger charge is 2.24. The molecule has 0 aliphatic carbocycles. The fourth-order valence-electron chi connectivity index (χ4n) is 3.04. The molecule has 2 heterocycles. The third kappa shape index (κ3) is 4.08. The highest BCUT2D eigenvalue weighted by atomic mass is 16.5. The molecule has 1 fully saturated rings. The SMILES string of the molecule is CNC[C@@H]1CCCN(C(=O)c2cccc(Oc3cnccn3)c2)C1. The standard InChI is InChI=1S/C18H22N4O2/c1-19-11-14-4-3-9-22(13-14)18(23)15-5-2-6-16(10-15)24-17-12-20-7-8-21-17/h2,5-8,10,12,14,19H,3-4,9,11,13H2,1H3/t14-/m0/s1. The number of piperidine rings is 1. The molecule has 1 aliphatic heterocycles. The van der Waals surface area contributed by atoms with Gasteiger partial charge in [0.25, 0.3) is 5.91 Å². The van der Waals surface area contributed by atoms with Crippen molar-refractivity contribution in [3.05, 3.63) is 48.4 Å².